The summed E-state index contributed by atoms with van der Waals surface area (Å²) in [4.78, 5) is 20.8. The van der Waals surface area contributed by atoms with Gasteiger partial charge in [0.25, 0.3) is 5.91 Å². The summed E-state index contributed by atoms with van der Waals surface area (Å²) in [5.41, 5.74) is 4.27. The molecule has 1 aliphatic rings. The van der Waals surface area contributed by atoms with Crippen molar-refractivity contribution < 1.29 is 4.79 Å². The molecule has 7 heteroatoms. The van der Waals surface area contributed by atoms with Gasteiger partial charge in [-0.25, -0.2) is 4.98 Å². The molecule has 154 valence electrons. The highest BCUT2D eigenvalue weighted by Crippen LogP contribution is 2.28. The van der Waals surface area contributed by atoms with Gasteiger partial charge in [0.1, 0.15) is 11.6 Å². The summed E-state index contributed by atoms with van der Waals surface area (Å²) in [6, 6.07) is 4.09. The minimum Gasteiger partial charge on any atom is -0.348 e. The Morgan fingerprint density at radius 2 is 2.21 bits per heavy atom. The van der Waals surface area contributed by atoms with E-state index in [1.54, 1.807) is 6.08 Å². The Labute approximate surface area is 176 Å². The second-order valence-corrected chi connectivity index (χ2v) is 9.05. The summed E-state index contributed by atoms with van der Waals surface area (Å²) in [6.45, 7) is 14.4. The Hall–Kier alpha value is -2.43. The minimum absolute atomic E-state index is 0.0955. The van der Waals surface area contributed by atoms with Crippen LogP contribution < -0.4 is 5.32 Å². The number of fused-ring (bicyclic) bond motifs is 1. The number of aromatic nitrogens is 2. The van der Waals surface area contributed by atoms with Crippen molar-refractivity contribution in [3.05, 3.63) is 39.2 Å². The van der Waals surface area contributed by atoms with Gasteiger partial charge in [-0.2, -0.15) is 5.26 Å². The monoisotopic (exact) mass is 411 g/mol. The number of anilines is 1. The molecule has 0 radical (unpaired) electrons. The molecule has 0 aliphatic carbocycles. The lowest BCUT2D eigenvalue weighted by Gasteiger charge is -2.23. The number of thiazole rings is 1. The molecule has 0 spiro atoms. The highest BCUT2D eigenvalue weighted by Gasteiger charge is 2.21. The van der Waals surface area contributed by atoms with Crippen LogP contribution in [0.5, 0.6) is 0 Å². The van der Waals surface area contributed by atoms with Crippen molar-refractivity contribution in [1.29, 1.82) is 5.26 Å². The maximum absolute atomic E-state index is 12.7. The predicted molar refractivity (Wildman–Crippen MR) is 118 cm³/mol. The van der Waals surface area contributed by atoms with E-state index in [1.807, 2.05) is 13.0 Å². The average molecular weight is 412 g/mol. The van der Waals surface area contributed by atoms with Crippen molar-refractivity contribution in [2.24, 2.45) is 5.92 Å². The van der Waals surface area contributed by atoms with Crippen LogP contribution in [-0.4, -0.2) is 33.4 Å². The summed E-state index contributed by atoms with van der Waals surface area (Å²) in [5.74, 6) is 0.120. The van der Waals surface area contributed by atoms with Gasteiger partial charge in [0.2, 0.25) is 0 Å². The number of rotatable bonds is 6. The van der Waals surface area contributed by atoms with E-state index in [9.17, 15) is 10.1 Å². The number of hydrogen-bond acceptors (Lipinski definition) is 5. The SMILES string of the molecule is CCN1CCc2nc(NC(=O)/C(C#N)=C/c3cc(C)n(CC(C)C)c3C)sc2C1. The number of aryl methyl sites for hydroxylation is 1. The van der Waals surface area contributed by atoms with Crippen molar-refractivity contribution in [2.45, 2.75) is 54.1 Å². The molecule has 0 unspecified atom stereocenters. The van der Waals surface area contributed by atoms with Crippen LogP contribution >= 0.6 is 11.3 Å². The number of nitrogens with zero attached hydrogens (tertiary/aromatic N) is 4. The van der Waals surface area contributed by atoms with Crippen LogP contribution in [-0.2, 0) is 24.3 Å². The third-order valence-corrected chi connectivity index (χ3v) is 6.30. The topological polar surface area (TPSA) is 74.0 Å². The van der Waals surface area contributed by atoms with Crippen LogP contribution in [0.25, 0.3) is 6.08 Å². The second-order valence-electron chi connectivity index (χ2n) is 7.96. The summed E-state index contributed by atoms with van der Waals surface area (Å²) >= 11 is 1.51. The van der Waals surface area contributed by atoms with Crippen LogP contribution in [0, 0.1) is 31.1 Å². The van der Waals surface area contributed by atoms with Crippen LogP contribution in [0.15, 0.2) is 11.6 Å². The molecule has 0 bridgehead atoms. The lowest BCUT2D eigenvalue weighted by molar-refractivity contribution is -0.112. The number of carbonyl (C=O) groups is 1. The molecule has 2 aromatic heterocycles. The molecule has 1 N–H and O–H groups in total. The van der Waals surface area contributed by atoms with Crippen molar-refractivity contribution in [3.63, 3.8) is 0 Å². The average Bonchev–Trinajstić information content (AvgIpc) is 3.19. The Kier molecular flexibility index (Phi) is 6.56. The molecule has 0 atom stereocenters. The van der Waals surface area contributed by atoms with Gasteiger partial charge in [0.15, 0.2) is 5.13 Å². The molecular formula is C22H29N5OS. The summed E-state index contributed by atoms with van der Waals surface area (Å²) < 4.78 is 2.23. The zero-order valence-corrected chi connectivity index (χ0v) is 18.7. The lowest BCUT2D eigenvalue weighted by Crippen LogP contribution is -2.29. The van der Waals surface area contributed by atoms with Gasteiger partial charge in [-0.1, -0.05) is 20.8 Å². The summed E-state index contributed by atoms with van der Waals surface area (Å²) in [7, 11) is 0. The van der Waals surface area contributed by atoms with E-state index >= 15 is 0 Å². The van der Waals surface area contributed by atoms with E-state index < -0.39 is 5.91 Å². The van der Waals surface area contributed by atoms with Crippen LogP contribution in [0.2, 0.25) is 0 Å². The molecule has 6 nitrogen and oxygen atoms in total. The highest BCUT2D eigenvalue weighted by atomic mass is 32.1. The predicted octanol–water partition coefficient (Wildman–Crippen LogP) is 4.14. The number of nitriles is 1. The Balaban J connectivity index is 1.78. The first-order valence-corrected chi connectivity index (χ1v) is 10.9. The molecule has 3 heterocycles. The molecule has 0 aromatic carbocycles. The van der Waals surface area contributed by atoms with E-state index in [-0.39, 0.29) is 5.57 Å². The van der Waals surface area contributed by atoms with Crippen molar-refractivity contribution in [1.82, 2.24) is 14.5 Å². The zero-order valence-electron chi connectivity index (χ0n) is 17.9. The molecule has 29 heavy (non-hydrogen) atoms. The van der Waals surface area contributed by atoms with Gasteiger partial charge in [-0.15, -0.1) is 11.3 Å². The van der Waals surface area contributed by atoms with Crippen LogP contribution in [0.4, 0.5) is 5.13 Å². The Bertz CT molecular complexity index is 976. The van der Waals surface area contributed by atoms with Gasteiger partial charge in [-0.05, 0) is 44.0 Å². The van der Waals surface area contributed by atoms with Gasteiger partial charge >= 0.3 is 0 Å². The molecule has 0 saturated carbocycles. The fraction of sp³-hybridized carbons (Fsp3) is 0.500. The van der Waals surface area contributed by atoms with E-state index in [0.717, 1.165) is 55.2 Å². The maximum Gasteiger partial charge on any atom is 0.268 e. The maximum atomic E-state index is 12.7. The molecule has 2 aromatic rings. The highest BCUT2D eigenvalue weighted by molar-refractivity contribution is 7.15. The Morgan fingerprint density at radius 1 is 1.45 bits per heavy atom. The summed E-state index contributed by atoms with van der Waals surface area (Å²) in [5, 5.41) is 13.0. The smallest absolute Gasteiger partial charge is 0.268 e. The fourth-order valence-electron chi connectivity index (χ4n) is 3.66. The first-order valence-electron chi connectivity index (χ1n) is 10.1. The van der Waals surface area contributed by atoms with Gasteiger partial charge < -0.3 is 4.57 Å². The number of carbonyl (C=O) groups excluding carboxylic acids is 1. The third-order valence-electron chi connectivity index (χ3n) is 5.30. The molecule has 1 amide bonds. The minimum atomic E-state index is -0.403. The number of amides is 1. The van der Waals surface area contributed by atoms with Crippen LogP contribution in [0.1, 0.15) is 48.3 Å². The summed E-state index contributed by atoms with van der Waals surface area (Å²) in [6.07, 6.45) is 2.58. The molecule has 0 saturated heterocycles. The van der Waals surface area contributed by atoms with Crippen LogP contribution in [0.3, 0.4) is 0 Å². The quantitative estimate of drug-likeness (QED) is 0.573. The molecule has 3 rings (SSSR count). The normalized spacial score (nSPS) is 14.7. The number of nitrogens with one attached hydrogen (secondary N) is 1. The molecular weight excluding hydrogens is 382 g/mol. The van der Waals surface area contributed by atoms with Gasteiger partial charge in [0.05, 0.1) is 5.69 Å². The van der Waals surface area contributed by atoms with Crippen molar-refractivity contribution in [3.8, 4) is 6.07 Å². The largest absolute Gasteiger partial charge is 0.348 e. The lowest BCUT2D eigenvalue weighted by atomic mass is 10.1. The number of likely N-dealkylation sites (N-methyl/N-ethyl adjacent to an activating group) is 1. The van der Waals surface area contributed by atoms with Gasteiger partial charge in [-0.3, -0.25) is 15.0 Å². The first-order chi connectivity index (χ1) is 13.8. The van der Waals surface area contributed by atoms with Crippen molar-refractivity contribution >= 4 is 28.5 Å². The van der Waals surface area contributed by atoms with Gasteiger partial charge in [0, 0.05) is 42.3 Å². The fourth-order valence-corrected chi connectivity index (χ4v) is 4.71. The van der Waals surface area contributed by atoms with Crippen molar-refractivity contribution in [2.75, 3.05) is 18.4 Å². The standard InChI is InChI=1S/C22H29N5OS/c1-6-26-8-7-19-20(13-26)29-22(24-19)25-21(28)18(11-23)10-17-9-15(4)27(16(17)5)12-14(2)3/h9-10,14H,6-8,12-13H2,1-5H3,(H,24,25,28)/b18-10+. The molecule has 0 fully saturated rings. The van der Waals surface area contributed by atoms with E-state index in [1.165, 1.54) is 16.2 Å². The zero-order chi connectivity index (χ0) is 21.1. The Morgan fingerprint density at radius 3 is 2.86 bits per heavy atom. The third kappa shape index (κ3) is 4.77. The molecule has 1 aliphatic heterocycles. The first kappa shape index (κ1) is 21.3. The second kappa shape index (κ2) is 8.93. The van der Waals surface area contributed by atoms with E-state index in [2.05, 4.69) is 53.5 Å². The van der Waals surface area contributed by atoms with E-state index in [4.69, 9.17) is 0 Å². The number of hydrogen-bond donors (Lipinski definition) is 1. The van der Waals surface area contributed by atoms with E-state index in [0.29, 0.717) is 11.0 Å².